The number of anilines is 1. The fourth-order valence-electron chi connectivity index (χ4n) is 2.34. The normalized spacial score (nSPS) is 22.5. The van der Waals surface area contributed by atoms with Crippen molar-refractivity contribution < 1.29 is 18.8 Å². The second kappa shape index (κ2) is 6.08. The maximum absolute atomic E-state index is 12.2. The van der Waals surface area contributed by atoms with Gasteiger partial charge in [-0.05, 0) is 13.8 Å². The third-order valence-corrected chi connectivity index (χ3v) is 3.39. The van der Waals surface area contributed by atoms with Crippen molar-refractivity contribution in [1.29, 1.82) is 0 Å². The molecule has 1 N–H and O–H groups in total. The second-order valence-corrected chi connectivity index (χ2v) is 6.75. The molecule has 0 spiro atoms. The molecule has 0 radical (unpaired) electrons. The molecule has 2 atom stereocenters. The molecule has 0 bridgehead atoms. The number of carbonyl (C=O) groups excluding carboxylic acids is 2. The number of morpholine rings is 1. The van der Waals surface area contributed by atoms with Crippen LogP contribution in [0.5, 0.6) is 0 Å². The molecule has 22 heavy (non-hydrogen) atoms. The highest BCUT2D eigenvalue weighted by Gasteiger charge is 2.30. The minimum atomic E-state index is -0.713. The van der Waals surface area contributed by atoms with Gasteiger partial charge in [-0.15, -0.1) is 0 Å². The van der Waals surface area contributed by atoms with E-state index in [4.69, 9.17) is 9.26 Å². The zero-order chi connectivity index (χ0) is 16.5. The van der Waals surface area contributed by atoms with E-state index >= 15 is 0 Å². The molecule has 7 heteroatoms. The Hall–Kier alpha value is -1.89. The molecule has 1 aromatic rings. The fourth-order valence-corrected chi connectivity index (χ4v) is 2.34. The maximum atomic E-state index is 12.2. The van der Waals surface area contributed by atoms with Crippen molar-refractivity contribution in [3.63, 3.8) is 0 Å². The van der Waals surface area contributed by atoms with Gasteiger partial charge >= 0.3 is 11.8 Å². The van der Waals surface area contributed by atoms with Crippen LogP contribution in [0, 0.1) is 0 Å². The molecular weight excluding hydrogens is 286 g/mol. The highest BCUT2D eigenvalue weighted by atomic mass is 16.5. The average Bonchev–Trinajstić information content (AvgIpc) is 2.85. The molecule has 2 rings (SSSR count). The van der Waals surface area contributed by atoms with Gasteiger partial charge in [0.1, 0.15) is 5.76 Å². The number of amides is 2. The zero-order valence-electron chi connectivity index (χ0n) is 13.7. The number of ether oxygens (including phenoxy) is 1. The first-order chi connectivity index (χ1) is 10.2. The van der Waals surface area contributed by atoms with Gasteiger partial charge < -0.3 is 14.2 Å². The van der Waals surface area contributed by atoms with Gasteiger partial charge in [0.25, 0.3) is 0 Å². The summed E-state index contributed by atoms with van der Waals surface area (Å²) >= 11 is 0. The third kappa shape index (κ3) is 3.85. The molecule has 2 heterocycles. The molecule has 0 aliphatic carbocycles. The van der Waals surface area contributed by atoms with Crippen LogP contribution in [0.15, 0.2) is 10.6 Å². The predicted molar refractivity (Wildman–Crippen MR) is 80.4 cm³/mol. The summed E-state index contributed by atoms with van der Waals surface area (Å²) in [5.74, 6) is -0.404. The second-order valence-electron chi connectivity index (χ2n) is 6.75. The number of carbonyl (C=O) groups is 2. The van der Waals surface area contributed by atoms with E-state index in [9.17, 15) is 9.59 Å². The first-order valence-corrected chi connectivity index (χ1v) is 7.39. The van der Waals surface area contributed by atoms with Crippen LogP contribution >= 0.6 is 0 Å². The van der Waals surface area contributed by atoms with Crippen LogP contribution in [0.3, 0.4) is 0 Å². The third-order valence-electron chi connectivity index (χ3n) is 3.39. The van der Waals surface area contributed by atoms with Gasteiger partial charge in [0.15, 0.2) is 5.82 Å². The van der Waals surface area contributed by atoms with Crippen molar-refractivity contribution in [1.82, 2.24) is 10.1 Å². The smallest absolute Gasteiger partial charge is 0.315 e. The molecule has 1 aliphatic heterocycles. The Balaban J connectivity index is 1.99. The minimum absolute atomic E-state index is 0.0833. The minimum Gasteiger partial charge on any atom is -0.372 e. The van der Waals surface area contributed by atoms with Crippen LogP contribution in [-0.4, -0.2) is 47.2 Å². The van der Waals surface area contributed by atoms with Crippen LogP contribution in [0.1, 0.15) is 40.4 Å². The van der Waals surface area contributed by atoms with E-state index in [1.165, 1.54) is 4.90 Å². The zero-order valence-corrected chi connectivity index (χ0v) is 13.7. The first kappa shape index (κ1) is 16.5. The average molecular weight is 309 g/mol. The highest BCUT2D eigenvalue weighted by Crippen LogP contribution is 2.24. The number of nitrogens with zero attached hydrogens (tertiary/aromatic N) is 2. The Kier molecular flexibility index (Phi) is 4.55. The molecule has 1 fully saturated rings. The summed E-state index contributed by atoms with van der Waals surface area (Å²) in [4.78, 5) is 25.8. The molecule has 0 aromatic carbocycles. The molecule has 1 aliphatic rings. The van der Waals surface area contributed by atoms with Gasteiger partial charge in [0.2, 0.25) is 0 Å². The van der Waals surface area contributed by atoms with E-state index in [1.807, 2.05) is 34.6 Å². The van der Waals surface area contributed by atoms with Gasteiger partial charge in [-0.2, -0.15) is 0 Å². The predicted octanol–water partition coefficient (Wildman–Crippen LogP) is 1.55. The molecule has 1 saturated heterocycles. The van der Waals surface area contributed by atoms with Gasteiger partial charge in [-0.25, -0.2) is 0 Å². The number of hydrogen-bond acceptors (Lipinski definition) is 5. The summed E-state index contributed by atoms with van der Waals surface area (Å²) in [7, 11) is 0. The van der Waals surface area contributed by atoms with Crippen LogP contribution in [0.25, 0.3) is 0 Å². The van der Waals surface area contributed by atoms with E-state index in [-0.39, 0.29) is 23.4 Å². The standard InChI is InChI=1S/C15H23N3O4/c1-9-7-18(8-10(2)21-9)14(20)13(19)16-12-6-11(22-17-12)15(3,4)5/h6,9-10H,7-8H2,1-5H3,(H,16,17,19)/t9-,10+. The number of aromatic nitrogens is 1. The Labute approximate surface area is 130 Å². The van der Waals surface area contributed by atoms with E-state index < -0.39 is 11.8 Å². The fraction of sp³-hybridized carbons (Fsp3) is 0.667. The lowest BCUT2D eigenvalue weighted by atomic mass is 9.93. The molecule has 2 amide bonds. The summed E-state index contributed by atoms with van der Waals surface area (Å²) in [6.07, 6.45) is -0.167. The van der Waals surface area contributed by atoms with Gasteiger partial charge in [0.05, 0.1) is 12.2 Å². The molecule has 122 valence electrons. The van der Waals surface area contributed by atoms with E-state index in [1.54, 1.807) is 6.07 Å². The SMILES string of the molecule is C[C@@H]1CN(C(=O)C(=O)Nc2cc(C(C)(C)C)on2)C[C@H](C)O1. The van der Waals surface area contributed by atoms with Crippen molar-refractivity contribution in [3.05, 3.63) is 11.8 Å². The highest BCUT2D eigenvalue weighted by molar-refractivity contribution is 6.39. The van der Waals surface area contributed by atoms with E-state index in [0.717, 1.165) is 0 Å². The first-order valence-electron chi connectivity index (χ1n) is 7.39. The van der Waals surface area contributed by atoms with Gasteiger partial charge in [-0.3, -0.25) is 14.9 Å². The summed E-state index contributed by atoms with van der Waals surface area (Å²) < 4.78 is 10.7. The lowest BCUT2D eigenvalue weighted by molar-refractivity contribution is -0.151. The maximum Gasteiger partial charge on any atom is 0.315 e. The topological polar surface area (TPSA) is 84.7 Å². The number of rotatable bonds is 1. The monoisotopic (exact) mass is 309 g/mol. The molecule has 0 unspecified atom stereocenters. The Morgan fingerprint density at radius 3 is 2.36 bits per heavy atom. The number of nitrogens with one attached hydrogen (secondary N) is 1. The molecule has 1 aromatic heterocycles. The van der Waals surface area contributed by atoms with Crippen molar-refractivity contribution in [3.8, 4) is 0 Å². The largest absolute Gasteiger partial charge is 0.372 e. The Morgan fingerprint density at radius 2 is 1.86 bits per heavy atom. The van der Waals surface area contributed by atoms with Crippen LogP contribution in [0.4, 0.5) is 5.82 Å². The summed E-state index contributed by atoms with van der Waals surface area (Å²) in [5.41, 5.74) is -0.213. The lowest BCUT2D eigenvalue weighted by Crippen LogP contribution is -2.51. The molecular formula is C15H23N3O4. The van der Waals surface area contributed by atoms with E-state index in [2.05, 4.69) is 10.5 Å². The van der Waals surface area contributed by atoms with Gasteiger partial charge in [-0.1, -0.05) is 25.9 Å². The van der Waals surface area contributed by atoms with Gasteiger partial charge in [0, 0.05) is 24.6 Å². The molecule has 7 nitrogen and oxygen atoms in total. The van der Waals surface area contributed by atoms with Crippen LogP contribution < -0.4 is 5.32 Å². The Bertz CT molecular complexity index is 551. The summed E-state index contributed by atoms with van der Waals surface area (Å²) in [6.45, 7) is 10.5. The van der Waals surface area contributed by atoms with Crippen molar-refractivity contribution in [2.75, 3.05) is 18.4 Å². The van der Waals surface area contributed by atoms with Crippen molar-refractivity contribution >= 4 is 17.6 Å². The van der Waals surface area contributed by atoms with E-state index in [0.29, 0.717) is 18.8 Å². The quantitative estimate of drug-likeness (QED) is 0.796. The molecule has 0 saturated carbocycles. The lowest BCUT2D eigenvalue weighted by Gasteiger charge is -2.34. The Morgan fingerprint density at radius 1 is 1.27 bits per heavy atom. The summed E-state index contributed by atoms with van der Waals surface area (Å²) in [6, 6.07) is 1.63. The number of hydrogen-bond donors (Lipinski definition) is 1. The van der Waals surface area contributed by atoms with Crippen molar-refractivity contribution in [2.45, 2.75) is 52.2 Å². The summed E-state index contributed by atoms with van der Waals surface area (Å²) in [5, 5.41) is 6.26. The van der Waals surface area contributed by atoms with Crippen molar-refractivity contribution in [2.24, 2.45) is 0 Å². The van der Waals surface area contributed by atoms with Crippen LogP contribution in [0.2, 0.25) is 0 Å². The van der Waals surface area contributed by atoms with Crippen LogP contribution in [-0.2, 0) is 19.7 Å².